The third-order valence-corrected chi connectivity index (χ3v) is 8.22. The minimum Gasteiger partial charge on any atom is -0.494 e. The van der Waals surface area contributed by atoms with Crippen LogP contribution in [-0.2, 0) is 31.8 Å². The fourth-order valence-electron chi connectivity index (χ4n) is 5.68. The van der Waals surface area contributed by atoms with Crippen LogP contribution >= 0.6 is 0 Å². The van der Waals surface area contributed by atoms with Gasteiger partial charge in [-0.05, 0) is 85.8 Å². The number of alkyl halides is 3. The van der Waals surface area contributed by atoms with Crippen molar-refractivity contribution >= 4 is 17.8 Å². The van der Waals surface area contributed by atoms with E-state index in [1.807, 2.05) is 54.6 Å². The Kier molecular flexibility index (Phi) is 11.5. The molecular weight excluding hydrogens is 661 g/mol. The quantitative estimate of drug-likeness (QED) is 0.109. The number of amides is 1. The number of benzene rings is 4. The zero-order chi connectivity index (χ0) is 36.6. The maximum absolute atomic E-state index is 14.4. The molecule has 1 aliphatic heterocycles. The highest BCUT2D eigenvalue weighted by Gasteiger charge is 2.53. The lowest BCUT2D eigenvalue weighted by molar-refractivity contribution is -0.155. The Morgan fingerprint density at radius 2 is 1.49 bits per heavy atom. The lowest BCUT2D eigenvalue weighted by Gasteiger charge is -2.31. The number of rotatable bonds is 13. The predicted octanol–water partition coefficient (Wildman–Crippen LogP) is 7.83. The molecule has 51 heavy (non-hydrogen) atoms. The zero-order valence-electron chi connectivity index (χ0n) is 28.7. The Bertz CT molecular complexity index is 1800. The molecule has 0 aliphatic carbocycles. The smallest absolute Gasteiger partial charge is 0.416 e. The van der Waals surface area contributed by atoms with Crippen molar-refractivity contribution in [1.29, 1.82) is 0 Å². The number of ether oxygens (including phenoxy) is 3. The van der Waals surface area contributed by atoms with E-state index >= 15 is 0 Å². The highest BCUT2D eigenvalue weighted by atomic mass is 19.4. The van der Waals surface area contributed by atoms with Crippen LogP contribution in [0.3, 0.4) is 0 Å². The van der Waals surface area contributed by atoms with Gasteiger partial charge in [-0.15, -0.1) is 0 Å². The molecule has 5 rings (SSSR count). The first-order valence-electron chi connectivity index (χ1n) is 16.7. The number of esters is 1. The summed E-state index contributed by atoms with van der Waals surface area (Å²) in [7, 11) is 0. The van der Waals surface area contributed by atoms with Gasteiger partial charge in [0.25, 0.3) is 5.91 Å². The summed E-state index contributed by atoms with van der Waals surface area (Å²) in [5.41, 5.74) is 0.361. The second kappa shape index (κ2) is 15.8. The largest absolute Gasteiger partial charge is 0.494 e. The van der Waals surface area contributed by atoms with Crippen molar-refractivity contribution in [2.45, 2.75) is 70.0 Å². The van der Waals surface area contributed by atoms with Gasteiger partial charge in [-0.25, -0.2) is 4.99 Å². The van der Waals surface area contributed by atoms with Crippen LogP contribution in [0.5, 0.6) is 5.75 Å². The van der Waals surface area contributed by atoms with Crippen LogP contribution in [0.2, 0.25) is 0 Å². The van der Waals surface area contributed by atoms with Gasteiger partial charge in [0, 0.05) is 31.6 Å². The number of carbonyl (C=O) groups excluding carboxylic acids is 2. The van der Waals surface area contributed by atoms with Crippen molar-refractivity contribution in [3.05, 3.63) is 125 Å². The summed E-state index contributed by atoms with van der Waals surface area (Å²) >= 11 is 0. The first-order valence-corrected chi connectivity index (χ1v) is 16.7. The first kappa shape index (κ1) is 37.1. The maximum Gasteiger partial charge on any atom is 0.416 e. The third-order valence-electron chi connectivity index (χ3n) is 8.22. The molecule has 0 unspecified atom stereocenters. The second-order valence-corrected chi connectivity index (χ2v) is 13.2. The van der Waals surface area contributed by atoms with E-state index in [0.29, 0.717) is 35.5 Å². The molecule has 8 nitrogen and oxygen atoms in total. The Balaban J connectivity index is 1.52. The van der Waals surface area contributed by atoms with Gasteiger partial charge in [0.1, 0.15) is 11.4 Å². The summed E-state index contributed by atoms with van der Waals surface area (Å²) in [6, 6.07) is 28.8. The number of hydrogen-bond donors (Lipinski definition) is 2. The van der Waals surface area contributed by atoms with Crippen LogP contribution in [0, 0.1) is 0 Å². The van der Waals surface area contributed by atoms with E-state index in [0.717, 1.165) is 23.3 Å². The fourth-order valence-corrected chi connectivity index (χ4v) is 5.68. The van der Waals surface area contributed by atoms with E-state index in [1.165, 1.54) is 12.1 Å². The van der Waals surface area contributed by atoms with Gasteiger partial charge in [0.15, 0.2) is 11.6 Å². The van der Waals surface area contributed by atoms with E-state index < -0.39 is 40.9 Å². The van der Waals surface area contributed by atoms with Crippen LogP contribution in [0.25, 0.3) is 11.1 Å². The van der Waals surface area contributed by atoms with Crippen molar-refractivity contribution in [2.75, 3.05) is 13.2 Å². The van der Waals surface area contributed by atoms with E-state index in [2.05, 4.69) is 5.32 Å². The van der Waals surface area contributed by atoms with Crippen molar-refractivity contribution in [3.8, 4) is 16.9 Å². The van der Waals surface area contributed by atoms with Gasteiger partial charge in [-0.3, -0.25) is 9.59 Å². The highest BCUT2D eigenvalue weighted by molar-refractivity contribution is 6.01. The number of aliphatic hydroxyl groups is 1. The molecule has 0 saturated heterocycles. The van der Waals surface area contributed by atoms with E-state index in [1.54, 1.807) is 45.0 Å². The molecule has 11 heteroatoms. The van der Waals surface area contributed by atoms with Crippen molar-refractivity contribution in [1.82, 2.24) is 5.32 Å². The number of aliphatic hydroxyl groups excluding tert-OH is 1. The summed E-state index contributed by atoms with van der Waals surface area (Å²) < 4.78 is 57.3. The maximum atomic E-state index is 14.4. The highest BCUT2D eigenvalue weighted by Crippen LogP contribution is 2.44. The molecule has 4 aromatic rings. The average Bonchev–Trinajstić information content (AvgIpc) is 3.50. The fraction of sp³-hybridized carbons (Fsp3) is 0.325. The lowest BCUT2D eigenvalue weighted by atomic mass is 9.83. The molecule has 1 amide bonds. The topological polar surface area (TPSA) is 106 Å². The monoisotopic (exact) mass is 702 g/mol. The SMILES string of the molecule is CC(C)(C)OC(=O)CC[C@@]1(C(=O)NCc2ccc(C(F)(F)F)cc2)N=C(c2ccc(OCCCO)cc2)O[C@@H]1c1ccc(-c2ccccc2)cc1. The van der Waals surface area contributed by atoms with Gasteiger partial charge in [0.05, 0.1) is 12.2 Å². The molecule has 4 aromatic carbocycles. The van der Waals surface area contributed by atoms with Crippen LogP contribution in [0.4, 0.5) is 13.2 Å². The zero-order valence-corrected chi connectivity index (χ0v) is 28.7. The number of hydrogen-bond acceptors (Lipinski definition) is 7. The molecule has 2 N–H and O–H groups in total. The van der Waals surface area contributed by atoms with Gasteiger partial charge in [-0.1, -0.05) is 66.7 Å². The summed E-state index contributed by atoms with van der Waals surface area (Å²) in [4.78, 5) is 32.4. The lowest BCUT2D eigenvalue weighted by Crippen LogP contribution is -2.48. The van der Waals surface area contributed by atoms with E-state index in [-0.39, 0.29) is 31.9 Å². The Labute approximate surface area is 295 Å². The standard InChI is InChI=1S/C40H41F3N2O6/c1-38(2,3)51-34(47)22-23-39(37(48)44-26-27-10-18-32(19-11-27)40(41,42)43)35(30-14-12-29(13-15-30)28-8-5-4-6-9-28)50-36(45-39)31-16-20-33(21-17-31)49-25-7-24-46/h4-6,8-21,35,46H,7,22-26H2,1-3H3,(H,44,48)/t35-,39-/m1/s1. The molecule has 268 valence electrons. The second-order valence-electron chi connectivity index (χ2n) is 13.2. The summed E-state index contributed by atoms with van der Waals surface area (Å²) in [5.74, 6) is -0.349. The molecule has 0 saturated carbocycles. The van der Waals surface area contributed by atoms with Crippen LogP contribution in [0.15, 0.2) is 108 Å². The molecule has 2 atom stereocenters. The average molecular weight is 703 g/mol. The minimum atomic E-state index is -4.49. The van der Waals surface area contributed by atoms with Gasteiger partial charge >= 0.3 is 12.1 Å². The number of aliphatic imine (C=N–C) groups is 1. The van der Waals surface area contributed by atoms with Crippen molar-refractivity contribution in [2.24, 2.45) is 4.99 Å². The normalized spacial score (nSPS) is 17.3. The molecule has 1 aliphatic rings. The number of nitrogens with one attached hydrogen (secondary N) is 1. The van der Waals surface area contributed by atoms with Crippen LogP contribution in [0.1, 0.15) is 68.4 Å². The summed E-state index contributed by atoms with van der Waals surface area (Å²) in [6.07, 6.45) is -5.25. The van der Waals surface area contributed by atoms with Gasteiger partial charge < -0.3 is 24.6 Å². The predicted molar refractivity (Wildman–Crippen MR) is 187 cm³/mol. The Morgan fingerprint density at radius 3 is 2.10 bits per heavy atom. The Hall–Kier alpha value is -5.16. The molecule has 0 bridgehead atoms. The number of halogens is 3. The minimum absolute atomic E-state index is 0.00273. The van der Waals surface area contributed by atoms with Gasteiger partial charge in [-0.2, -0.15) is 13.2 Å². The van der Waals surface area contributed by atoms with E-state index in [4.69, 9.17) is 24.3 Å². The molecule has 0 spiro atoms. The van der Waals surface area contributed by atoms with Crippen molar-refractivity contribution in [3.63, 3.8) is 0 Å². The summed E-state index contributed by atoms with van der Waals surface area (Å²) in [5, 5.41) is 11.9. The molecular formula is C40H41F3N2O6. The molecule has 0 radical (unpaired) electrons. The summed E-state index contributed by atoms with van der Waals surface area (Å²) in [6.45, 7) is 5.50. The molecule has 0 fully saturated rings. The van der Waals surface area contributed by atoms with Crippen LogP contribution < -0.4 is 10.1 Å². The Morgan fingerprint density at radius 1 is 0.863 bits per heavy atom. The number of nitrogens with zero attached hydrogens (tertiary/aromatic N) is 1. The van der Waals surface area contributed by atoms with Gasteiger partial charge in [0.2, 0.25) is 5.90 Å². The van der Waals surface area contributed by atoms with E-state index in [9.17, 15) is 22.8 Å². The van der Waals surface area contributed by atoms with Crippen molar-refractivity contribution < 1.29 is 42.1 Å². The third kappa shape index (κ3) is 9.55. The first-order chi connectivity index (χ1) is 24.3. The van der Waals surface area contributed by atoms with Crippen LogP contribution in [-0.4, -0.2) is 47.2 Å². The number of carbonyl (C=O) groups is 2. The molecule has 1 heterocycles. The molecule has 0 aromatic heterocycles.